The molecule has 6 heteroatoms. The Morgan fingerprint density at radius 3 is 3.10 bits per heavy atom. The van der Waals surface area contributed by atoms with Gasteiger partial charge in [-0.3, -0.25) is 4.79 Å². The van der Waals surface area contributed by atoms with Crippen molar-refractivity contribution in [3.05, 3.63) is 46.6 Å². The molecule has 2 aromatic rings. The average molecular weight is 334 g/mol. The summed E-state index contributed by atoms with van der Waals surface area (Å²) in [5, 5.41) is 5.98. The summed E-state index contributed by atoms with van der Waals surface area (Å²) >= 11 is 3.35. The topological polar surface area (TPSA) is 63.2 Å². The van der Waals surface area contributed by atoms with E-state index < -0.39 is 0 Å². The molecule has 1 aromatic heterocycles. The van der Waals surface area contributed by atoms with Gasteiger partial charge in [-0.05, 0) is 40.2 Å². The first kappa shape index (κ1) is 12.9. The number of anilines is 2. The van der Waals surface area contributed by atoms with Crippen LogP contribution in [0.2, 0.25) is 0 Å². The first-order chi connectivity index (χ1) is 9.75. The van der Waals surface area contributed by atoms with Crippen LogP contribution in [0.25, 0.3) is 0 Å². The van der Waals surface area contributed by atoms with Crippen molar-refractivity contribution in [2.45, 2.75) is 0 Å². The number of rotatable bonds is 2. The second-order valence-corrected chi connectivity index (χ2v) is 5.10. The fraction of sp³-hybridized carbons (Fsp3) is 0.143. The number of benzene rings is 1. The van der Waals surface area contributed by atoms with Crippen molar-refractivity contribution in [3.8, 4) is 5.75 Å². The summed E-state index contributed by atoms with van der Waals surface area (Å²) in [4.78, 5) is 16.5. The molecule has 1 aliphatic heterocycles. The van der Waals surface area contributed by atoms with Crippen LogP contribution >= 0.6 is 15.9 Å². The minimum atomic E-state index is -0.245. The maximum absolute atomic E-state index is 12.4. The molecule has 102 valence electrons. The summed E-state index contributed by atoms with van der Waals surface area (Å²) < 4.78 is 6.32. The van der Waals surface area contributed by atoms with E-state index in [0.29, 0.717) is 23.7 Å². The molecule has 0 unspecified atom stereocenters. The molecule has 0 saturated carbocycles. The molecule has 0 aliphatic carbocycles. The van der Waals surface area contributed by atoms with Gasteiger partial charge in [-0.15, -0.1) is 0 Å². The average Bonchev–Trinajstić information content (AvgIpc) is 2.49. The molecule has 1 aliphatic rings. The molecule has 1 aromatic carbocycles. The maximum Gasteiger partial charge on any atom is 0.260 e. The van der Waals surface area contributed by atoms with Gasteiger partial charge in [-0.25, -0.2) is 4.98 Å². The van der Waals surface area contributed by atoms with E-state index in [1.54, 1.807) is 18.3 Å². The summed E-state index contributed by atoms with van der Waals surface area (Å²) in [5.41, 5.74) is 1.33. The first-order valence-corrected chi connectivity index (χ1v) is 6.96. The monoisotopic (exact) mass is 333 g/mol. The summed E-state index contributed by atoms with van der Waals surface area (Å²) in [5.74, 6) is 0.826. The molecule has 0 fully saturated rings. The van der Waals surface area contributed by atoms with E-state index >= 15 is 0 Å². The Hall–Kier alpha value is -2.08. The number of para-hydroxylation sites is 1. The van der Waals surface area contributed by atoms with Crippen molar-refractivity contribution in [3.63, 3.8) is 0 Å². The van der Waals surface area contributed by atoms with Crippen LogP contribution in [0.4, 0.5) is 11.5 Å². The van der Waals surface area contributed by atoms with Crippen LogP contribution in [0, 0.1) is 0 Å². The van der Waals surface area contributed by atoms with Crippen molar-refractivity contribution < 1.29 is 9.53 Å². The number of halogens is 1. The Morgan fingerprint density at radius 2 is 2.25 bits per heavy atom. The van der Waals surface area contributed by atoms with Gasteiger partial charge in [0.15, 0.2) is 5.75 Å². The molecule has 3 rings (SSSR count). The number of hydrogen-bond acceptors (Lipinski definition) is 4. The second-order valence-electron chi connectivity index (χ2n) is 4.25. The lowest BCUT2D eigenvalue weighted by atomic mass is 10.1. The second kappa shape index (κ2) is 5.50. The summed E-state index contributed by atoms with van der Waals surface area (Å²) in [6, 6.07) is 9.06. The third kappa shape index (κ3) is 2.46. The van der Waals surface area contributed by atoms with Gasteiger partial charge in [0.05, 0.1) is 15.7 Å². The number of aromatic nitrogens is 1. The van der Waals surface area contributed by atoms with E-state index in [1.165, 1.54) is 0 Å². The van der Waals surface area contributed by atoms with E-state index in [4.69, 9.17) is 4.74 Å². The van der Waals surface area contributed by atoms with Crippen LogP contribution in [0.3, 0.4) is 0 Å². The molecule has 0 bridgehead atoms. The number of hydrogen-bond donors (Lipinski definition) is 2. The van der Waals surface area contributed by atoms with E-state index in [1.807, 2.05) is 18.2 Å². The van der Waals surface area contributed by atoms with Gasteiger partial charge in [-0.2, -0.15) is 0 Å². The molecule has 0 radical (unpaired) electrons. The van der Waals surface area contributed by atoms with Crippen LogP contribution in [0.5, 0.6) is 5.75 Å². The van der Waals surface area contributed by atoms with Crippen LogP contribution in [0.15, 0.2) is 41.0 Å². The molecule has 0 saturated heterocycles. The molecule has 5 nitrogen and oxygen atoms in total. The highest BCUT2D eigenvalue weighted by molar-refractivity contribution is 9.10. The Bertz CT molecular complexity index is 661. The van der Waals surface area contributed by atoms with Crippen LogP contribution in [0.1, 0.15) is 10.4 Å². The van der Waals surface area contributed by atoms with Gasteiger partial charge in [0.25, 0.3) is 5.91 Å². The maximum atomic E-state index is 12.4. The minimum absolute atomic E-state index is 0.245. The standard InChI is InChI=1S/C14H12BrN3O2/c15-10-4-2-6-17-13(10)18-14(19)9-3-1-5-11-12(9)20-8-7-16-11/h1-6,16H,7-8H2,(H,17,18,19). The molecule has 0 atom stereocenters. The number of carbonyl (C=O) groups excluding carboxylic acids is 1. The van der Waals surface area contributed by atoms with Crippen LogP contribution in [-0.4, -0.2) is 24.0 Å². The van der Waals surface area contributed by atoms with Crippen molar-refractivity contribution >= 4 is 33.3 Å². The fourth-order valence-electron chi connectivity index (χ4n) is 2.00. The van der Waals surface area contributed by atoms with Crippen molar-refractivity contribution in [1.29, 1.82) is 0 Å². The smallest absolute Gasteiger partial charge is 0.260 e. The van der Waals surface area contributed by atoms with Gasteiger partial charge in [0.2, 0.25) is 0 Å². The number of amides is 1. The first-order valence-electron chi connectivity index (χ1n) is 6.17. The van der Waals surface area contributed by atoms with Gasteiger partial charge in [0.1, 0.15) is 12.4 Å². The van der Waals surface area contributed by atoms with Gasteiger partial charge < -0.3 is 15.4 Å². The molecule has 0 spiro atoms. The Labute approximate surface area is 124 Å². The highest BCUT2D eigenvalue weighted by Crippen LogP contribution is 2.32. The zero-order valence-electron chi connectivity index (χ0n) is 10.5. The van der Waals surface area contributed by atoms with Crippen LogP contribution in [-0.2, 0) is 0 Å². The molecule has 2 heterocycles. The zero-order chi connectivity index (χ0) is 13.9. The number of fused-ring (bicyclic) bond motifs is 1. The lowest BCUT2D eigenvalue weighted by Crippen LogP contribution is -2.22. The summed E-state index contributed by atoms with van der Waals surface area (Å²) in [6.45, 7) is 1.29. The number of nitrogens with zero attached hydrogens (tertiary/aromatic N) is 1. The predicted molar refractivity (Wildman–Crippen MR) is 80.3 cm³/mol. The third-order valence-electron chi connectivity index (χ3n) is 2.91. The summed E-state index contributed by atoms with van der Waals surface area (Å²) in [7, 11) is 0. The third-order valence-corrected chi connectivity index (χ3v) is 3.55. The number of ether oxygens (including phenoxy) is 1. The minimum Gasteiger partial charge on any atom is -0.489 e. The number of pyridine rings is 1. The number of nitrogens with one attached hydrogen (secondary N) is 2. The van der Waals surface area contributed by atoms with E-state index in [9.17, 15) is 4.79 Å². The number of carbonyl (C=O) groups is 1. The largest absolute Gasteiger partial charge is 0.489 e. The predicted octanol–water partition coefficient (Wildman–Crippen LogP) is 2.90. The van der Waals surface area contributed by atoms with Gasteiger partial charge in [0, 0.05) is 12.7 Å². The van der Waals surface area contributed by atoms with E-state index in [-0.39, 0.29) is 5.91 Å². The fourth-order valence-corrected chi connectivity index (χ4v) is 2.36. The zero-order valence-corrected chi connectivity index (χ0v) is 12.1. The molecule has 20 heavy (non-hydrogen) atoms. The quantitative estimate of drug-likeness (QED) is 0.886. The van der Waals surface area contributed by atoms with E-state index in [2.05, 4.69) is 31.5 Å². The van der Waals surface area contributed by atoms with Gasteiger partial charge >= 0.3 is 0 Å². The lowest BCUT2D eigenvalue weighted by Gasteiger charge is -2.21. The van der Waals surface area contributed by atoms with Crippen molar-refractivity contribution in [1.82, 2.24) is 4.98 Å². The normalized spacial score (nSPS) is 12.8. The highest BCUT2D eigenvalue weighted by Gasteiger charge is 2.19. The molecule has 2 N–H and O–H groups in total. The van der Waals surface area contributed by atoms with Crippen molar-refractivity contribution in [2.24, 2.45) is 0 Å². The lowest BCUT2D eigenvalue weighted by molar-refractivity contribution is 0.102. The highest BCUT2D eigenvalue weighted by atomic mass is 79.9. The van der Waals surface area contributed by atoms with Crippen molar-refractivity contribution in [2.75, 3.05) is 23.8 Å². The molecular formula is C14H12BrN3O2. The Kier molecular flexibility index (Phi) is 3.56. The molecule has 1 amide bonds. The van der Waals surface area contributed by atoms with Crippen LogP contribution < -0.4 is 15.4 Å². The SMILES string of the molecule is O=C(Nc1ncccc1Br)c1cccc2c1OCCN2. The molecular weight excluding hydrogens is 322 g/mol. The Morgan fingerprint density at radius 1 is 1.35 bits per heavy atom. The van der Waals surface area contributed by atoms with E-state index in [0.717, 1.165) is 16.7 Å². The Balaban J connectivity index is 1.90. The summed E-state index contributed by atoms with van der Waals surface area (Å²) in [6.07, 6.45) is 1.62. The van der Waals surface area contributed by atoms with Gasteiger partial charge in [-0.1, -0.05) is 6.07 Å².